The lowest BCUT2D eigenvalue weighted by atomic mass is 10.1. The molecule has 10 nitrogen and oxygen atoms in total. The van der Waals surface area contributed by atoms with Gasteiger partial charge in [0.1, 0.15) is 18.3 Å². The number of aryl methyl sites for hydroxylation is 1. The summed E-state index contributed by atoms with van der Waals surface area (Å²) in [6, 6.07) is 17.3. The number of nitrogens with zero attached hydrogens (tertiary/aromatic N) is 2. The molecule has 0 aromatic heterocycles. The van der Waals surface area contributed by atoms with E-state index in [1.807, 2.05) is 20.8 Å². The number of carbonyl (C=O) groups is 2. The average Bonchev–Trinajstić information content (AvgIpc) is 3.02. The van der Waals surface area contributed by atoms with Gasteiger partial charge in [-0.3, -0.25) is 13.9 Å². The third-order valence-electron chi connectivity index (χ3n) is 7.22. The zero-order valence-corrected chi connectivity index (χ0v) is 26.6. The lowest BCUT2D eigenvalue weighted by Crippen LogP contribution is -2.52. The van der Waals surface area contributed by atoms with E-state index in [0.717, 1.165) is 21.9 Å². The average molecular weight is 612 g/mol. The number of hydrogen-bond acceptors (Lipinski definition) is 7. The standard InChI is InChI=1S/C32H41N3O7S/c1-8-23(3)33-32(37)24(4)34(20-25-11-15-27(40-5)16-12-25)31(36)21-35(26-13-9-22(2)10-14-26)43(38,39)28-17-18-29(41-6)30(19-28)42-7/h9-19,23-24H,8,20-21H2,1-7H3,(H,33,37)/t23-,24+/m0/s1. The van der Waals surface area contributed by atoms with Crippen LogP contribution in [0.5, 0.6) is 17.2 Å². The predicted octanol–water partition coefficient (Wildman–Crippen LogP) is 4.55. The maximum absolute atomic E-state index is 14.1. The summed E-state index contributed by atoms with van der Waals surface area (Å²) in [4.78, 5) is 28.6. The summed E-state index contributed by atoms with van der Waals surface area (Å²) in [5.41, 5.74) is 1.98. The van der Waals surface area contributed by atoms with Crippen LogP contribution in [-0.4, -0.2) is 65.1 Å². The quantitative estimate of drug-likeness (QED) is 0.285. The highest BCUT2D eigenvalue weighted by molar-refractivity contribution is 7.92. The third-order valence-corrected chi connectivity index (χ3v) is 8.99. The lowest BCUT2D eigenvalue weighted by molar-refractivity contribution is -0.139. The first-order chi connectivity index (χ1) is 20.4. The molecule has 0 unspecified atom stereocenters. The number of nitrogens with one attached hydrogen (secondary N) is 1. The minimum Gasteiger partial charge on any atom is -0.497 e. The van der Waals surface area contributed by atoms with Gasteiger partial charge in [0.2, 0.25) is 11.8 Å². The molecule has 232 valence electrons. The molecule has 0 saturated heterocycles. The van der Waals surface area contributed by atoms with Crippen molar-refractivity contribution in [3.63, 3.8) is 0 Å². The van der Waals surface area contributed by atoms with Crippen LogP contribution >= 0.6 is 0 Å². The summed E-state index contributed by atoms with van der Waals surface area (Å²) >= 11 is 0. The van der Waals surface area contributed by atoms with Crippen molar-refractivity contribution in [2.24, 2.45) is 0 Å². The Morgan fingerprint density at radius 3 is 2.05 bits per heavy atom. The SMILES string of the molecule is CC[C@H](C)NC(=O)[C@@H](C)N(Cc1ccc(OC)cc1)C(=O)CN(c1ccc(C)cc1)S(=O)(=O)c1ccc(OC)c(OC)c1. The second kappa shape index (κ2) is 14.8. The van der Waals surface area contributed by atoms with E-state index in [0.29, 0.717) is 17.2 Å². The molecule has 0 spiro atoms. The van der Waals surface area contributed by atoms with Crippen molar-refractivity contribution in [2.45, 2.75) is 57.6 Å². The topological polar surface area (TPSA) is 114 Å². The van der Waals surface area contributed by atoms with Gasteiger partial charge in [0, 0.05) is 18.7 Å². The highest BCUT2D eigenvalue weighted by atomic mass is 32.2. The van der Waals surface area contributed by atoms with E-state index < -0.39 is 28.5 Å². The normalized spacial score (nSPS) is 12.5. The van der Waals surface area contributed by atoms with E-state index in [4.69, 9.17) is 14.2 Å². The molecule has 0 bridgehead atoms. The van der Waals surface area contributed by atoms with E-state index in [2.05, 4.69) is 5.32 Å². The van der Waals surface area contributed by atoms with Crippen LogP contribution in [0.3, 0.4) is 0 Å². The molecule has 0 aliphatic heterocycles. The summed E-state index contributed by atoms with van der Waals surface area (Å²) in [6.45, 7) is 6.89. The monoisotopic (exact) mass is 611 g/mol. The summed E-state index contributed by atoms with van der Waals surface area (Å²) in [7, 11) is 0.162. The first kappa shape index (κ1) is 33.3. The van der Waals surface area contributed by atoms with Crippen LogP contribution in [0.2, 0.25) is 0 Å². The molecule has 0 heterocycles. The number of amides is 2. The van der Waals surface area contributed by atoms with Crippen molar-refractivity contribution >= 4 is 27.5 Å². The fourth-order valence-corrected chi connectivity index (χ4v) is 5.75. The first-order valence-electron chi connectivity index (χ1n) is 14.0. The van der Waals surface area contributed by atoms with E-state index in [1.165, 1.54) is 37.3 Å². The van der Waals surface area contributed by atoms with Crippen molar-refractivity contribution in [1.29, 1.82) is 0 Å². The molecule has 0 aliphatic carbocycles. The van der Waals surface area contributed by atoms with Crippen molar-refractivity contribution < 1.29 is 32.2 Å². The molecule has 3 aromatic rings. The van der Waals surface area contributed by atoms with Crippen LogP contribution in [0.25, 0.3) is 0 Å². The van der Waals surface area contributed by atoms with Crippen LogP contribution in [0.4, 0.5) is 5.69 Å². The van der Waals surface area contributed by atoms with Crippen molar-refractivity contribution in [2.75, 3.05) is 32.2 Å². The Balaban J connectivity index is 2.06. The van der Waals surface area contributed by atoms with Gasteiger partial charge in [-0.1, -0.05) is 36.8 Å². The Morgan fingerprint density at radius 2 is 1.49 bits per heavy atom. The molecule has 1 N–H and O–H groups in total. The minimum atomic E-state index is -4.27. The molecule has 0 saturated carbocycles. The number of sulfonamides is 1. The Labute approximate surface area is 254 Å². The van der Waals surface area contributed by atoms with Crippen LogP contribution < -0.4 is 23.8 Å². The van der Waals surface area contributed by atoms with E-state index in [1.54, 1.807) is 62.6 Å². The van der Waals surface area contributed by atoms with Gasteiger partial charge in [0.15, 0.2) is 11.5 Å². The van der Waals surface area contributed by atoms with Crippen LogP contribution in [0.15, 0.2) is 71.6 Å². The Kier molecular flexibility index (Phi) is 11.4. The maximum atomic E-state index is 14.1. The van der Waals surface area contributed by atoms with Crippen molar-refractivity contribution in [1.82, 2.24) is 10.2 Å². The lowest BCUT2D eigenvalue weighted by Gasteiger charge is -2.32. The summed E-state index contributed by atoms with van der Waals surface area (Å²) < 4.78 is 45.2. The van der Waals surface area contributed by atoms with Gasteiger partial charge in [0.05, 0.1) is 31.9 Å². The van der Waals surface area contributed by atoms with Crippen molar-refractivity contribution in [3.8, 4) is 17.2 Å². The fraction of sp³-hybridized carbons (Fsp3) is 0.375. The molecular formula is C32H41N3O7S. The van der Waals surface area contributed by atoms with Crippen LogP contribution in [-0.2, 0) is 26.2 Å². The molecule has 3 aromatic carbocycles. The summed E-state index contributed by atoms with van der Waals surface area (Å²) in [5.74, 6) is 0.366. The molecule has 2 amide bonds. The molecule has 3 rings (SSSR count). The van der Waals surface area contributed by atoms with E-state index in [-0.39, 0.29) is 29.1 Å². The Morgan fingerprint density at radius 1 is 0.860 bits per heavy atom. The van der Waals surface area contributed by atoms with Gasteiger partial charge >= 0.3 is 0 Å². The van der Waals surface area contributed by atoms with Crippen molar-refractivity contribution in [3.05, 3.63) is 77.9 Å². The second-order valence-electron chi connectivity index (χ2n) is 10.2. The minimum absolute atomic E-state index is 0.0794. The summed E-state index contributed by atoms with van der Waals surface area (Å²) in [6.07, 6.45) is 0.718. The van der Waals surface area contributed by atoms with Gasteiger partial charge in [-0.15, -0.1) is 0 Å². The molecular weight excluding hydrogens is 570 g/mol. The number of benzene rings is 3. The van der Waals surface area contributed by atoms with Gasteiger partial charge in [-0.25, -0.2) is 8.42 Å². The highest BCUT2D eigenvalue weighted by Gasteiger charge is 2.33. The van der Waals surface area contributed by atoms with Gasteiger partial charge in [-0.05, 0) is 69.2 Å². The highest BCUT2D eigenvalue weighted by Crippen LogP contribution is 2.32. The number of ether oxygens (including phenoxy) is 3. The number of methoxy groups -OCH3 is 3. The van der Waals surface area contributed by atoms with Crippen LogP contribution in [0.1, 0.15) is 38.3 Å². The second-order valence-corrected chi connectivity index (χ2v) is 12.1. The molecule has 2 atom stereocenters. The molecule has 43 heavy (non-hydrogen) atoms. The molecule has 0 radical (unpaired) electrons. The van der Waals surface area contributed by atoms with Gasteiger partial charge < -0.3 is 24.4 Å². The zero-order chi connectivity index (χ0) is 31.7. The number of rotatable bonds is 14. The predicted molar refractivity (Wildman–Crippen MR) is 166 cm³/mol. The van der Waals surface area contributed by atoms with Gasteiger partial charge in [0.25, 0.3) is 10.0 Å². The first-order valence-corrected chi connectivity index (χ1v) is 15.4. The third kappa shape index (κ3) is 8.19. The smallest absolute Gasteiger partial charge is 0.264 e. The van der Waals surface area contributed by atoms with E-state index in [9.17, 15) is 18.0 Å². The molecule has 0 fully saturated rings. The maximum Gasteiger partial charge on any atom is 0.264 e. The number of hydrogen-bond donors (Lipinski definition) is 1. The van der Waals surface area contributed by atoms with Gasteiger partial charge in [-0.2, -0.15) is 0 Å². The number of carbonyl (C=O) groups excluding carboxylic acids is 2. The number of anilines is 1. The summed E-state index contributed by atoms with van der Waals surface area (Å²) in [5, 5.41) is 2.93. The largest absolute Gasteiger partial charge is 0.497 e. The fourth-order valence-electron chi connectivity index (χ4n) is 4.32. The van der Waals surface area contributed by atoms with E-state index >= 15 is 0 Å². The Hall–Kier alpha value is -4.25. The van der Waals surface area contributed by atoms with Crippen LogP contribution in [0, 0.1) is 6.92 Å². The molecule has 0 aliphatic rings. The molecule has 11 heteroatoms. The Bertz CT molecular complexity index is 1490. The zero-order valence-electron chi connectivity index (χ0n) is 25.8.